The molecule has 1 N–H and O–H groups in total. The molecule has 18 heavy (non-hydrogen) atoms. The van der Waals surface area contributed by atoms with Crippen molar-refractivity contribution in [3.8, 4) is 0 Å². The molecule has 1 aromatic rings. The topological polar surface area (TPSA) is 51.2 Å². The molecule has 1 aliphatic carbocycles. The number of nitrogens with one attached hydrogen (secondary N) is 1. The van der Waals surface area contributed by atoms with Crippen molar-refractivity contribution in [3.05, 3.63) is 23.9 Å². The summed E-state index contributed by atoms with van der Waals surface area (Å²) >= 11 is 0. The van der Waals surface area contributed by atoms with E-state index >= 15 is 0 Å². The number of hydrogen-bond donors (Lipinski definition) is 1. The van der Waals surface area contributed by atoms with Gasteiger partial charge in [0.25, 0.3) is 0 Å². The average Bonchev–Trinajstić information content (AvgIpc) is 2.38. The van der Waals surface area contributed by atoms with Gasteiger partial charge in [-0.25, -0.2) is 9.78 Å². The third kappa shape index (κ3) is 3.00. The van der Waals surface area contributed by atoms with Crippen LogP contribution in [0.5, 0.6) is 0 Å². The molecule has 1 heterocycles. The standard InChI is InChI=1S/C14H20N2O2/c1-14(7-4-3-5-8-14)16-12-10-11(6-9-15-12)13(17)18-2/h6,9-10H,3-5,7-8H2,1-2H3,(H,15,16). The Morgan fingerprint density at radius 2 is 2.11 bits per heavy atom. The molecule has 0 unspecified atom stereocenters. The Morgan fingerprint density at radius 3 is 2.78 bits per heavy atom. The van der Waals surface area contributed by atoms with Crippen LogP contribution in [0.15, 0.2) is 18.3 Å². The fourth-order valence-electron chi connectivity index (χ4n) is 2.51. The Kier molecular flexibility index (Phi) is 3.84. The molecule has 0 saturated heterocycles. The van der Waals surface area contributed by atoms with Crippen LogP contribution in [0, 0.1) is 0 Å². The molecule has 4 nitrogen and oxygen atoms in total. The Hall–Kier alpha value is -1.58. The zero-order valence-corrected chi connectivity index (χ0v) is 11.0. The number of methoxy groups -OCH3 is 1. The predicted molar refractivity (Wildman–Crippen MR) is 70.7 cm³/mol. The van der Waals surface area contributed by atoms with Crippen molar-refractivity contribution in [2.75, 3.05) is 12.4 Å². The Balaban J connectivity index is 2.11. The fraction of sp³-hybridized carbons (Fsp3) is 0.571. The predicted octanol–water partition coefficient (Wildman–Crippen LogP) is 3.00. The number of pyridine rings is 1. The number of anilines is 1. The quantitative estimate of drug-likeness (QED) is 0.835. The van der Waals surface area contributed by atoms with Crippen molar-refractivity contribution in [3.63, 3.8) is 0 Å². The second-order valence-corrected chi connectivity index (χ2v) is 5.17. The summed E-state index contributed by atoms with van der Waals surface area (Å²) in [6.45, 7) is 2.22. The summed E-state index contributed by atoms with van der Waals surface area (Å²) in [6, 6.07) is 3.42. The molecule has 1 aliphatic rings. The van der Waals surface area contributed by atoms with Crippen LogP contribution in [0.3, 0.4) is 0 Å². The van der Waals surface area contributed by atoms with Gasteiger partial charge in [-0.15, -0.1) is 0 Å². The van der Waals surface area contributed by atoms with E-state index in [0.717, 1.165) is 18.7 Å². The number of rotatable bonds is 3. The Labute approximate surface area is 108 Å². The van der Waals surface area contributed by atoms with Crippen molar-refractivity contribution in [1.29, 1.82) is 0 Å². The van der Waals surface area contributed by atoms with Gasteiger partial charge in [-0.1, -0.05) is 19.3 Å². The molecule has 0 aromatic carbocycles. The van der Waals surface area contributed by atoms with Gasteiger partial charge in [-0.05, 0) is 31.9 Å². The molecule has 1 saturated carbocycles. The lowest BCUT2D eigenvalue weighted by Gasteiger charge is -2.35. The number of carbonyl (C=O) groups is 1. The van der Waals surface area contributed by atoms with Gasteiger partial charge in [0.2, 0.25) is 0 Å². The second-order valence-electron chi connectivity index (χ2n) is 5.17. The number of hydrogen-bond acceptors (Lipinski definition) is 4. The van der Waals surface area contributed by atoms with Crippen molar-refractivity contribution in [1.82, 2.24) is 4.98 Å². The molecule has 0 amide bonds. The van der Waals surface area contributed by atoms with Crippen LogP contribution in [-0.2, 0) is 4.74 Å². The average molecular weight is 248 g/mol. The van der Waals surface area contributed by atoms with Gasteiger partial charge in [-0.2, -0.15) is 0 Å². The van der Waals surface area contributed by atoms with Crippen LogP contribution < -0.4 is 5.32 Å². The van der Waals surface area contributed by atoms with Crippen LogP contribution >= 0.6 is 0 Å². The highest BCUT2D eigenvalue weighted by molar-refractivity contribution is 5.90. The molecule has 0 atom stereocenters. The third-order valence-corrected chi connectivity index (χ3v) is 3.57. The molecule has 2 rings (SSSR count). The van der Waals surface area contributed by atoms with E-state index in [1.54, 1.807) is 18.3 Å². The smallest absolute Gasteiger partial charge is 0.338 e. The molecule has 1 aromatic heterocycles. The minimum absolute atomic E-state index is 0.0972. The maximum Gasteiger partial charge on any atom is 0.338 e. The number of aromatic nitrogens is 1. The highest BCUT2D eigenvalue weighted by Crippen LogP contribution is 2.30. The van der Waals surface area contributed by atoms with Gasteiger partial charge in [0, 0.05) is 11.7 Å². The summed E-state index contributed by atoms with van der Waals surface area (Å²) in [6.07, 6.45) is 7.75. The van der Waals surface area contributed by atoms with E-state index in [1.807, 2.05) is 0 Å². The molecule has 98 valence electrons. The first-order valence-corrected chi connectivity index (χ1v) is 6.45. The molecule has 1 fully saturated rings. The minimum atomic E-state index is -0.325. The number of nitrogens with zero attached hydrogens (tertiary/aromatic N) is 1. The van der Waals surface area contributed by atoms with Crippen LogP contribution in [0.25, 0.3) is 0 Å². The molecular formula is C14H20N2O2. The molecular weight excluding hydrogens is 228 g/mol. The highest BCUT2D eigenvalue weighted by Gasteiger charge is 2.26. The van der Waals surface area contributed by atoms with Gasteiger partial charge < -0.3 is 10.1 Å². The van der Waals surface area contributed by atoms with Gasteiger partial charge in [0.05, 0.1) is 12.7 Å². The van der Waals surface area contributed by atoms with E-state index in [1.165, 1.54) is 26.4 Å². The minimum Gasteiger partial charge on any atom is -0.465 e. The SMILES string of the molecule is COC(=O)c1ccnc(NC2(C)CCCCC2)c1. The van der Waals surface area contributed by atoms with Gasteiger partial charge in [-0.3, -0.25) is 0 Å². The van der Waals surface area contributed by atoms with Crippen LogP contribution in [0.2, 0.25) is 0 Å². The third-order valence-electron chi connectivity index (χ3n) is 3.57. The van der Waals surface area contributed by atoms with E-state index in [-0.39, 0.29) is 11.5 Å². The molecule has 0 aliphatic heterocycles. The maximum absolute atomic E-state index is 11.5. The van der Waals surface area contributed by atoms with Gasteiger partial charge in [0.15, 0.2) is 0 Å². The second kappa shape index (κ2) is 5.38. The summed E-state index contributed by atoms with van der Waals surface area (Å²) in [4.78, 5) is 15.7. The monoisotopic (exact) mass is 248 g/mol. The van der Waals surface area contributed by atoms with Crippen LogP contribution in [0.1, 0.15) is 49.4 Å². The lowest BCUT2D eigenvalue weighted by molar-refractivity contribution is 0.0600. The first-order chi connectivity index (χ1) is 8.63. The maximum atomic E-state index is 11.5. The Morgan fingerprint density at radius 1 is 1.39 bits per heavy atom. The highest BCUT2D eigenvalue weighted by atomic mass is 16.5. The number of carbonyl (C=O) groups excluding carboxylic acids is 1. The van der Waals surface area contributed by atoms with Crippen molar-refractivity contribution in [2.24, 2.45) is 0 Å². The molecule has 0 bridgehead atoms. The lowest BCUT2D eigenvalue weighted by atomic mass is 9.83. The van der Waals surface area contributed by atoms with Crippen molar-refractivity contribution in [2.45, 2.75) is 44.6 Å². The fourth-order valence-corrected chi connectivity index (χ4v) is 2.51. The van der Waals surface area contributed by atoms with E-state index in [4.69, 9.17) is 4.74 Å². The lowest BCUT2D eigenvalue weighted by Crippen LogP contribution is -2.37. The number of ether oxygens (including phenoxy) is 1. The largest absolute Gasteiger partial charge is 0.465 e. The summed E-state index contributed by atoms with van der Waals surface area (Å²) < 4.78 is 4.71. The van der Waals surface area contributed by atoms with Crippen molar-refractivity contribution >= 4 is 11.8 Å². The van der Waals surface area contributed by atoms with Gasteiger partial charge >= 0.3 is 5.97 Å². The first kappa shape index (κ1) is 12.9. The Bertz CT molecular complexity index is 426. The summed E-state index contributed by atoms with van der Waals surface area (Å²) in [5.41, 5.74) is 0.634. The molecule has 0 radical (unpaired) electrons. The summed E-state index contributed by atoms with van der Waals surface area (Å²) in [5.74, 6) is 0.427. The van der Waals surface area contributed by atoms with E-state index in [0.29, 0.717) is 5.56 Å². The number of esters is 1. The van der Waals surface area contributed by atoms with Crippen LogP contribution in [-0.4, -0.2) is 23.6 Å². The zero-order valence-electron chi connectivity index (χ0n) is 11.0. The van der Waals surface area contributed by atoms with E-state index < -0.39 is 0 Å². The van der Waals surface area contributed by atoms with Gasteiger partial charge in [0.1, 0.15) is 5.82 Å². The zero-order chi connectivity index (χ0) is 13.0. The summed E-state index contributed by atoms with van der Waals surface area (Å²) in [5, 5.41) is 3.46. The molecule has 4 heteroatoms. The normalized spacial score (nSPS) is 18.1. The van der Waals surface area contributed by atoms with Crippen LogP contribution in [0.4, 0.5) is 5.82 Å². The van der Waals surface area contributed by atoms with Crippen molar-refractivity contribution < 1.29 is 9.53 Å². The first-order valence-electron chi connectivity index (χ1n) is 6.45. The van der Waals surface area contributed by atoms with E-state index in [2.05, 4.69) is 17.2 Å². The molecule has 0 spiro atoms. The summed E-state index contributed by atoms with van der Waals surface area (Å²) in [7, 11) is 1.39. The van der Waals surface area contributed by atoms with E-state index in [9.17, 15) is 4.79 Å².